The van der Waals surface area contributed by atoms with Crippen molar-refractivity contribution in [2.45, 2.75) is 31.8 Å². The van der Waals surface area contributed by atoms with Crippen LogP contribution < -0.4 is 5.32 Å². The molecule has 0 radical (unpaired) electrons. The first-order chi connectivity index (χ1) is 8.74. The van der Waals surface area contributed by atoms with Gasteiger partial charge in [-0.15, -0.1) is 12.4 Å². The summed E-state index contributed by atoms with van der Waals surface area (Å²) in [6.07, 6.45) is 2.62. The van der Waals surface area contributed by atoms with Gasteiger partial charge in [0.15, 0.2) is 0 Å². The Balaban J connectivity index is 0.00000133. The Kier molecular flexibility index (Phi) is 5.13. The summed E-state index contributed by atoms with van der Waals surface area (Å²) in [6, 6.07) is 9.54. The smallest absolute Gasteiger partial charge is 0.0409 e. The molecule has 0 bridgehead atoms. The number of piperidine rings is 1. The summed E-state index contributed by atoms with van der Waals surface area (Å²) < 4.78 is 0. The average Bonchev–Trinajstić information content (AvgIpc) is 2.85. The van der Waals surface area contributed by atoms with Crippen molar-refractivity contribution in [1.82, 2.24) is 10.2 Å². The predicted octanol–water partition coefficient (Wildman–Crippen LogP) is 3.51. The average molecular weight is 301 g/mol. The second kappa shape index (κ2) is 6.45. The summed E-state index contributed by atoms with van der Waals surface area (Å²) >= 11 is 6.09. The first kappa shape index (κ1) is 15.1. The Morgan fingerprint density at radius 1 is 1.37 bits per heavy atom. The second-order valence-electron chi connectivity index (χ2n) is 5.62. The fourth-order valence-corrected chi connectivity index (χ4v) is 3.60. The van der Waals surface area contributed by atoms with Gasteiger partial charge in [0, 0.05) is 30.2 Å². The zero-order valence-corrected chi connectivity index (χ0v) is 12.9. The molecule has 0 aliphatic carbocycles. The highest BCUT2D eigenvalue weighted by molar-refractivity contribution is 6.30. The monoisotopic (exact) mass is 300 g/mol. The minimum atomic E-state index is 0. The van der Waals surface area contributed by atoms with Gasteiger partial charge in [-0.25, -0.2) is 0 Å². The van der Waals surface area contributed by atoms with Gasteiger partial charge in [-0.3, -0.25) is 4.90 Å². The summed E-state index contributed by atoms with van der Waals surface area (Å²) in [5, 5.41) is 4.46. The molecule has 0 amide bonds. The molecule has 1 aromatic carbocycles. The minimum Gasteiger partial charge on any atom is -0.314 e. The fraction of sp³-hybridized carbons (Fsp3) is 0.600. The molecule has 1 N–H and O–H groups in total. The number of benzene rings is 1. The Bertz CT molecular complexity index is 424. The summed E-state index contributed by atoms with van der Waals surface area (Å²) in [6.45, 7) is 5.93. The highest BCUT2D eigenvalue weighted by Crippen LogP contribution is 2.31. The van der Waals surface area contributed by atoms with Crippen molar-refractivity contribution >= 4 is 24.0 Å². The number of halogens is 2. The Labute approximate surface area is 126 Å². The van der Waals surface area contributed by atoms with Crippen molar-refractivity contribution in [2.75, 3.05) is 19.6 Å². The fourth-order valence-electron chi connectivity index (χ4n) is 3.40. The van der Waals surface area contributed by atoms with E-state index in [-0.39, 0.29) is 12.4 Å². The number of fused-ring (bicyclic) bond motifs is 1. The van der Waals surface area contributed by atoms with Crippen LogP contribution >= 0.6 is 24.0 Å². The van der Waals surface area contributed by atoms with Gasteiger partial charge in [0.25, 0.3) is 0 Å². The lowest BCUT2D eigenvalue weighted by Crippen LogP contribution is -2.45. The van der Waals surface area contributed by atoms with Gasteiger partial charge in [-0.1, -0.05) is 23.7 Å². The molecule has 1 aromatic rings. The molecule has 2 saturated heterocycles. The van der Waals surface area contributed by atoms with Crippen LogP contribution in [-0.4, -0.2) is 30.6 Å². The number of likely N-dealkylation sites (tertiary alicyclic amines) is 1. The molecule has 0 aromatic heterocycles. The van der Waals surface area contributed by atoms with E-state index in [1.807, 2.05) is 6.07 Å². The summed E-state index contributed by atoms with van der Waals surface area (Å²) in [4.78, 5) is 2.61. The number of hydrogen-bond donors (Lipinski definition) is 1. The number of rotatable bonds is 2. The Morgan fingerprint density at radius 2 is 2.21 bits per heavy atom. The SMILES string of the molecule is CC(c1cccc(Cl)c1)N1CCC2NCCC2C1.Cl. The molecule has 106 valence electrons. The highest BCUT2D eigenvalue weighted by Gasteiger charge is 2.34. The van der Waals surface area contributed by atoms with Crippen molar-refractivity contribution in [2.24, 2.45) is 5.92 Å². The third-order valence-electron chi connectivity index (χ3n) is 4.57. The van der Waals surface area contributed by atoms with E-state index in [2.05, 4.69) is 35.3 Å². The largest absolute Gasteiger partial charge is 0.314 e. The molecule has 3 unspecified atom stereocenters. The second-order valence-corrected chi connectivity index (χ2v) is 6.06. The molecule has 2 fully saturated rings. The van der Waals surface area contributed by atoms with E-state index in [1.165, 1.54) is 38.0 Å². The van der Waals surface area contributed by atoms with Crippen LogP contribution in [0.5, 0.6) is 0 Å². The van der Waals surface area contributed by atoms with Gasteiger partial charge >= 0.3 is 0 Å². The normalized spacial score (nSPS) is 28.5. The maximum Gasteiger partial charge on any atom is 0.0409 e. The molecular weight excluding hydrogens is 279 g/mol. The van der Waals surface area contributed by atoms with Crippen LogP contribution in [0.1, 0.15) is 31.4 Å². The van der Waals surface area contributed by atoms with Crippen LogP contribution in [0.4, 0.5) is 0 Å². The summed E-state index contributed by atoms with van der Waals surface area (Å²) in [5.74, 6) is 0.848. The van der Waals surface area contributed by atoms with E-state index in [0.717, 1.165) is 17.0 Å². The highest BCUT2D eigenvalue weighted by atomic mass is 35.5. The van der Waals surface area contributed by atoms with Crippen molar-refractivity contribution in [3.8, 4) is 0 Å². The topological polar surface area (TPSA) is 15.3 Å². The minimum absolute atomic E-state index is 0. The Morgan fingerprint density at radius 3 is 3.00 bits per heavy atom. The van der Waals surface area contributed by atoms with Crippen LogP contribution in [-0.2, 0) is 0 Å². The van der Waals surface area contributed by atoms with Gasteiger partial charge in [-0.2, -0.15) is 0 Å². The van der Waals surface area contributed by atoms with Gasteiger partial charge in [0.05, 0.1) is 0 Å². The van der Waals surface area contributed by atoms with Gasteiger partial charge in [-0.05, 0) is 49.9 Å². The number of nitrogens with zero attached hydrogens (tertiary/aromatic N) is 1. The maximum absolute atomic E-state index is 6.09. The van der Waals surface area contributed by atoms with Crippen LogP contribution in [0.15, 0.2) is 24.3 Å². The van der Waals surface area contributed by atoms with Gasteiger partial charge < -0.3 is 5.32 Å². The van der Waals surface area contributed by atoms with Crippen molar-refractivity contribution in [1.29, 1.82) is 0 Å². The molecule has 2 aliphatic heterocycles. The standard InChI is InChI=1S/C15H21ClN2.ClH/c1-11(12-3-2-4-14(16)9-12)18-8-6-15-13(10-18)5-7-17-15;/h2-4,9,11,13,15,17H,5-8,10H2,1H3;1H. The van der Waals surface area contributed by atoms with E-state index in [0.29, 0.717) is 6.04 Å². The van der Waals surface area contributed by atoms with Gasteiger partial charge in [0.2, 0.25) is 0 Å². The third-order valence-corrected chi connectivity index (χ3v) is 4.80. The van der Waals surface area contributed by atoms with E-state index in [4.69, 9.17) is 11.6 Å². The van der Waals surface area contributed by atoms with Crippen LogP contribution in [0, 0.1) is 5.92 Å². The lowest BCUT2D eigenvalue weighted by molar-refractivity contribution is 0.122. The molecule has 2 aliphatic rings. The third kappa shape index (κ3) is 3.25. The zero-order chi connectivity index (χ0) is 12.5. The van der Waals surface area contributed by atoms with E-state index in [9.17, 15) is 0 Å². The molecule has 4 heteroatoms. The van der Waals surface area contributed by atoms with E-state index < -0.39 is 0 Å². The lowest BCUT2D eigenvalue weighted by Gasteiger charge is -2.38. The molecule has 19 heavy (non-hydrogen) atoms. The first-order valence-corrected chi connectivity index (χ1v) is 7.35. The van der Waals surface area contributed by atoms with Crippen LogP contribution in [0.25, 0.3) is 0 Å². The molecule has 3 rings (SSSR count). The van der Waals surface area contributed by atoms with Crippen molar-refractivity contribution < 1.29 is 0 Å². The molecule has 0 saturated carbocycles. The molecule has 2 nitrogen and oxygen atoms in total. The molecule has 0 spiro atoms. The van der Waals surface area contributed by atoms with Crippen LogP contribution in [0.3, 0.4) is 0 Å². The number of hydrogen-bond acceptors (Lipinski definition) is 2. The molecular formula is C15H22Cl2N2. The number of nitrogens with one attached hydrogen (secondary N) is 1. The van der Waals surface area contributed by atoms with E-state index in [1.54, 1.807) is 0 Å². The van der Waals surface area contributed by atoms with Crippen LogP contribution in [0.2, 0.25) is 5.02 Å². The maximum atomic E-state index is 6.09. The summed E-state index contributed by atoms with van der Waals surface area (Å²) in [7, 11) is 0. The first-order valence-electron chi connectivity index (χ1n) is 6.97. The lowest BCUT2D eigenvalue weighted by atomic mass is 9.91. The quantitative estimate of drug-likeness (QED) is 0.899. The Hall–Kier alpha value is -0.280. The summed E-state index contributed by atoms with van der Waals surface area (Å²) in [5.41, 5.74) is 1.34. The zero-order valence-electron chi connectivity index (χ0n) is 11.3. The molecule has 3 atom stereocenters. The van der Waals surface area contributed by atoms with Crippen molar-refractivity contribution in [3.05, 3.63) is 34.9 Å². The van der Waals surface area contributed by atoms with E-state index >= 15 is 0 Å². The van der Waals surface area contributed by atoms with Gasteiger partial charge in [0.1, 0.15) is 0 Å². The predicted molar refractivity (Wildman–Crippen MR) is 83.2 cm³/mol. The van der Waals surface area contributed by atoms with Crippen molar-refractivity contribution in [3.63, 3.8) is 0 Å². The molecule has 2 heterocycles.